The zero-order chi connectivity index (χ0) is 20.4. The Kier molecular flexibility index (Phi) is 5.02. The monoisotopic (exact) mass is 413 g/mol. The van der Waals surface area contributed by atoms with E-state index in [1.54, 1.807) is 48.5 Å². The molecular weight excluding hydrogens is 399 g/mol. The molecule has 29 heavy (non-hydrogen) atoms. The van der Waals surface area contributed by atoms with E-state index in [9.17, 15) is 13.2 Å². The molecule has 0 aliphatic rings. The Morgan fingerprint density at radius 2 is 1.72 bits per heavy atom. The van der Waals surface area contributed by atoms with Crippen molar-refractivity contribution in [1.82, 2.24) is 9.97 Å². The van der Waals surface area contributed by atoms with Crippen LogP contribution in [0.5, 0.6) is 5.75 Å². The number of aliphatic imine (C=N–C) groups is 1. The number of hydrogen-bond donors (Lipinski definition) is 0. The third kappa shape index (κ3) is 3.97. The van der Waals surface area contributed by atoms with Crippen molar-refractivity contribution in [2.45, 2.75) is 6.18 Å². The van der Waals surface area contributed by atoms with Gasteiger partial charge in [-0.05, 0) is 24.3 Å². The maximum absolute atomic E-state index is 13.6. The quantitative estimate of drug-likeness (QED) is 0.378. The van der Waals surface area contributed by atoms with Crippen molar-refractivity contribution in [3.8, 4) is 16.3 Å². The number of thiazole rings is 1. The Bertz CT molecular complexity index is 1200. The van der Waals surface area contributed by atoms with Gasteiger partial charge in [-0.3, -0.25) is 0 Å². The van der Waals surface area contributed by atoms with E-state index in [1.807, 2.05) is 12.1 Å². The molecule has 2 heterocycles. The fourth-order valence-electron chi connectivity index (χ4n) is 2.82. The number of para-hydroxylation sites is 2. The summed E-state index contributed by atoms with van der Waals surface area (Å²) in [5, 5.41) is 0.844. The number of halogens is 3. The minimum absolute atomic E-state index is 0.00631. The van der Waals surface area contributed by atoms with Crippen LogP contribution in [0.4, 0.5) is 18.3 Å². The molecule has 0 fully saturated rings. The molecule has 4 rings (SSSR count). The lowest BCUT2D eigenvalue weighted by Crippen LogP contribution is -2.07. The molecule has 0 saturated heterocycles. The van der Waals surface area contributed by atoms with Crippen molar-refractivity contribution in [2.24, 2.45) is 4.99 Å². The summed E-state index contributed by atoms with van der Waals surface area (Å²) in [6.45, 7) is 0. The van der Waals surface area contributed by atoms with Crippen molar-refractivity contribution in [1.29, 1.82) is 0 Å². The largest absolute Gasteiger partial charge is 0.496 e. The second-order valence-electron chi connectivity index (χ2n) is 6.06. The van der Waals surface area contributed by atoms with Gasteiger partial charge < -0.3 is 4.74 Å². The van der Waals surface area contributed by atoms with Crippen LogP contribution in [0.1, 0.15) is 11.3 Å². The summed E-state index contributed by atoms with van der Waals surface area (Å²) in [4.78, 5) is 12.2. The summed E-state index contributed by atoms with van der Waals surface area (Å²) in [5.41, 5.74) is 0.486. The van der Waals surface area contributed by atoms with Gasteiger partial charge in [0.25, 0.3) is 0 Å². The zero-order valence-corrected chi connectivity index (χ0v) is 16.0. The molecule has 0 saturated carbocycles. The standard InChI is InChI=1S/C21H14F3N3OS/c1-28-17-9-5-3-7-14(17)12-25-20-27-19(21(22,23)24)18(29-20)16-11-10-13-6-2-4-8-15(13)26-16/h2-12H,1H3. The van der Waals surface area contributed by atoms with Crippen LogP contribution in [-0.4, -0.2) is 23.3 Å². The van der Waals surface area contributed by atoms with Gasteiger partial charge in [0.15, 0.2) is 5.69 Å². The van der Waals surface area contributed by atoms with Crippen LogP contribution in [0.3, 0.4) is 0 Å². The molecule has 0 spiro atoms. The van der Waals surface area contributed by atoms with Gasteiger partial charge in [0, 0.05) is 17.2 Å². The molecule has 4 aromatic rings. The van der Waals surface area contributed by atoms with E-state index in [4.69, 9.17) is 4.74 Å². The summed E-state index contributed by atoms with van der Waals surface area (Å²) in [5.74, 6) is 0.570. The molecule has 4 nitrogen and oxygen atoms in total. The number of aromatic nitrogens is 2. The van der Waals surface area contributed by atoms with Crippen LogP contribution in [0.2, 0.25) is 0 Å². The summed E-state index contributed by atoms with van der Waals surface area (Å²) in [6, 6.07) is 17.7. The van der Waals surface area contributed by atoms with Gasteiger partial charge in [-0.25, -0.2) is 15.0 Å². The molecule has 0 aliphatic carbocycles. The molecule has 0 radical (unpaired) electrons. The highest BCUT2D eigenvalue weighted by Crippen LogP contribution is 2.42. The minimum Gasteiger partial charge on any atom is -0.496 e. The molecule has 0 bridgehead atoms. The summed E-state index contributed by atoms with van der Waals surface area (Å²) >= 11 is 0.848. The zero-order valence-electron chi connectivity index (χ0n) is 15.1. The number of alkyl halides is 3. The molecule has 0 N–H and O–H groups in total. The highest BCUT2D eigenvalue weighted by molar-refractivity contribution is 7.18. The third-order valence-electron chi connectivity index (χ3n) is 4.17. The van der Waals surface area contributed by atoms with Crippen molar-refractivity contribution < 1.29 is 17.9 Å². The topological polar surface area (TPSA) is 47.4 Å². The number of ether oxygens (including phenoxy) is 1. The molecule has 2 aromatic heterocycles. The van der Waals surface area contributed by atoms with E-state index in [1.165, 1.54) is 13.3 Å². The fourth-order valence-corrected chi connectivity index (χ4v) is 3.72. The van der Waals surface area contributed by atoms with Gasteiger partial charge in [-0.15, -0.1) is 0 Å². The van der Waals surface area contributed by atoms with E-state index in [-0.39, 0.29) is 15.7 Å². The van der Waals surface area contributed by atoms with Crippen LogP contribution >= 0.6 is 11.3 Å². The summed E-state index contributed by atoms with van der Waals surface area (Å²) < 4.78 is 46.0. The van der Waals surface area contributed by atoms with E-state index in [0.717, 1.165) is 16.7 Å². The van der Waals surface area contributed by atoms with Crippen molar-refractivity contribution in [3.63, 3.8) is 0 Å². The highest BCUT2D eigenvalue weighted by atomic mass is 32.1. The Balaban J connectivity index is 1.78. The maximum Gasteiger partial charge on any atom is 0.434 e. The van der Waals surface area contributed by atoms with E-state index < -0.39 is 11.9 Å². The summed E-state index contributed by atoms with van der Waals surface area (Å²) in [7, 11) is 1.52. The van der Waals surface area contributed by atoms with Crippen LogP contribution in [0.15, 0.2) is 65.7 Å². The predicted octanol–water partition coefficient (Wildman–Crippen LogP) is 6.14. The number of hydrogen-bond acceptors (Lipinski definition) is 5. The van der Waals surface area contributed by atoms with Crippen molar-refractivity contribution in [2.75, 3.05) is 7.11 Å². The van der Waals surface area contributed by atoms with Gasteiger partial charge in [0.05, 0.1) is 23.2 Å². The number of pyridine rings is 1. The Labute approximate surface area is 168 Å². The van der Waals surface area contributed by atoms with Crippen LogP contribution in [0, 0.1) is 0 Å². The molecular formula is C21H14F3N3OS. The first-order chi connectivity index (χ1) is 14.0. The second kappa shape index (κ2) is 7.63. The first kappa shape index (κ1) is 19.1. The lowest BCUT2D eigenvalue weighted by atomic mass is 10.2. The smallest absolute Gasteiger partial charge is 0.434 e. The van der Waals surface area contributed by atoms with Gasteiger partial charge in [-0.1, -0.05) is 47.7 Å². The number of nitrogens with zero attached hydrogens (tertiary/aromatic N) is 3. The van der Waals surface area contributed by atoms with Gasteiger partial charge in [0.1, 0.15) is 5.75 Å². The lowest BCUT2D eigenvalue weighted by Gasteiger charge is -2.06. The third-order valence-corrected chi connectivity index (χ3v) is 5.15. The van der Waals surface area contributed by atoms with Crippen molar-refractivity contribution in [3.05, 3.63) is 71.9 Å². The Hall–Kier alpha value is -3.26. The minimum atomic E-state index is -4.61. The molecule has 146 valence electrons. The van der Waals surface area contributed by atoms with E-state index >= 15 is 0 Å². The average Bonchev–Trinajstić information content (AvgIpc) is 3.17. The molecule has 0 amide bonds. The molecule has 0 atom stereocenters. The average molecular weight is 413 g/mol. The molecule has 0 aliphatic heterocycles. The first-order valence-corrected chi connectivity index (χ1v) is 9.38. The van der Waals surface area contributed by atoms with Gasteiger partial charge in [0.2, 0.25) is 5.13 Å². The van der Waals surface area contributed by atoms with Gasteiger partial charge >= 0.3 is 6.18 Å². The lowest BCUT2D eigenvalue weighted by molar-refractivity contribution is -0.140. The molecule has 2 aromatic carbocycles. The van der Waals surface area contributed by atoms with Crippen LogP contribution in [-0.2, 0) is 6.18 Å². The number of fused-ring (bicyclic) bond motifs is 1. The number of rotatable bonds is 4. The Morgan fingerprint density at radius 1 is 0.966 bits per heavy atom. The first-order valence-electron chi connectivity index (χ1n) is 8.57. The SMILES string of the molecule is COc1ccccc1C=Nc1nc(C(F)(F)F)c(-c2ccc3ccccc3n2)s1. The van der Waals surface area contributed by atoms with Gasteiger partial charge in [-0.2, -0.15) is 13.2 Å². The molecule has 8 heteroatoms. The summed E-state index contributed by atoms with van der Waals surface area (Å²) in [6.07, 6.45) is -3.17. The second-order valence-corrected chi connectivity index (χ2v) is 7.04. The van der Waals surface area contributed by atoms with E-state index in [2.05, 4.69) is 15.0 Å². The van der Waals surface area contributed by atoms with E-state index in [0.29, 0.717) is 16.8 Å². The highest BCUT2D eigenvalue weighted by Gasteiger charge is 2.38. The normalized spacial score (nSPS) is 12.0. The maximum atomic E-state index is 13.6. The predicted molar refractivity (Wildman–Crippen MR) is 108 cm³/mol. The Morgan fingerprint density at radius 3 is 2.52 bits per heavy atom. The number of benzene rings is 2. The van der Waals surface area contributed by atoms with Crippen molar-refractivity contribution >= 4 is 33.6 Å². The van der Waals surface area contributed by atoms with Crippen LogP contribution < -0.4 is 4.74 Å². The molecule has 0 unspecified atom stereocenters. The fraction of sp³-hybridized carbons (Fsp3) is 0.0952. The van der Waals surface area contributed by atoms with Crippen LogP contribution in [0.25, 0.3) is 21.5 Å². The number of methoxy groups -OCH3 is 1.